The topological polar surface area (TPSA) is 3.24 Å². The predicted molar refractivity (Wildman–Crippen MR) is 49.7 cm³/mol. The molecule has 0 saturated carbocycles. The van der Waals surface area contributed by atoms with Crippen LogP contribution in [0.1, 0.15) is 40.5 Å². The highest BCUT2D eigenvalue weighted by Crippen LogP contribution is 2.30. The fourth-order valence-corrected chi connectivity index (χ4v) is 1.65. The third-order valence-electron chi connectivity index (χ3n) is 2.88. The summed E-state index contributed by atoms with van der Waals surface area (Å²) in [7, 11) is 0. The number of hydrogen-bond donors (Lipinski definition) is 0. The van der Waals surface area contributed by atoms with Crippen LogP contribution < -0.4 is 0 Å². The van der Waals surface area contributed by atoms with Crippen molar-refractivity contribution in [2.75, 3.05) is 13.1 Å². The maximum absolute atomic E-state index is 2.57. The van der Waals surface area contributed by atoms with Crippen molar-refractivity contribution < 1.29 is 0 Å². The van der Waals surface area contributed by atoms with Crippen LogP contribution in [0.15, 0.2) is 0 Å². The number of nitrogens with zero attached hydrogens (tertiary/aromatic N) is 1. The summed E-state index contributed by atoms with van der Waals surface area (Å²) in [5.74, 6) is 0. The maximum atomic E-state index is 2.57. The van der Waals surface area contributed by atoms with Gasteiger partial charge in [0.1, 0.15) is 0 Å². The number of hydrogen-bond acceptors (Lipinski definition) is 1. The van der Waals surface area contributed by atoms with Gasteiger partial charge in [0.25, 0.3) is 0 Å². The smallest absolute Gasteiger partial charge is 0.00385 e. The molecule has 1 aliphatic rings. The van der Waals surface area contributed by atoms with Crippen LogP contribution in [0.2, 0.25) is 0 Å². The lowest BCUT2D eigenvalue weighted by Crippen LogP contribution is -2.41. The molecular weight excluding hydrogens is 134 g/mol. The predicted octanol–water partition coefficient (Wildman–Crippen LogP) is 2.52. The van der Waals surface area contributed by atoms with Crippen LogP contribution in [0.4, 0.5) is 0 Å². The van der Waals surface area contributed by atoms with E-state index in [1.165, 1.54) is 25.9 Å². The van der Waals surface area contributed by atoms with Crippen LogP contribution in [-0.4, -0.2) is 24.0 Å². The van der Waals surface area contributed by atoms with Gasteiger partial charge in [0.15, 0.2) is 0 Å². The van der Waals surface area contributed by atoms with Crippen LogP contribution in [0.5, 0.6) is 0 Å². The summed E-state index contributed by atoms with van der Waals surface area (Å²) in [4.78, 5) is 2.57. The second kappa shape index (κ2) is 3.14. The van der Waals surface area contributed by atoms with Gasteiger partial charge >= 0.3 is 0 Å². The first kappa shape index (κ1) is 9.05. The van der Waals surface area contributed by atoms with Crippen LogP contribution in [0.25, 0.3) is 0 Å². The lowest BCUT2D eigenvalue weighted by molar-refractivity contribution is 0.107. The minimum Gasteiger partial charge on any atom is -0.301 e. The largest absolute Gasteiger partial charge is 0.301 e. The molecule has 1 saturated heterocycles. The van der Waals surface area contributed by atoms with E-state index in [9.17, 15) is 0 Å². The standard InChI is InChI=1S/C10H21N/c1-9(2)11-7-5-10(3,4)6-8-11/h9H,5-8H2,1-4H3. The second-order valence-corrected chi connectivity index (χ2v) is 4.79. The Morgan fingerprint density at radius 1 is 1.09 bits per heavy atom. The van der Waals surface area contributed by atoms with E-state index >= 15 is 0 Å². The molecule has 66 valence electrons. The molecule has 0 bridgehead atoms. The first-order valence-corrected chi connectivity index (χ1v) is 4.75. The molecule has 0 aromatic carbocycles. The molecule has 0 aliphatic carbocycles. The first-order chi connectivity index (χ1) is 5.01. The van der Waals surface area contributed by atoms with Crippen LogP contribution in [0.3, 0.4) is 0 Å². The third-order valence-corrected chi connectivity index (χ3v) is 2.88. The minimum absolute atomic E-state index is 0.603. The molecule has 11 heavy (non-hydrogen) atoms. The number of likely N-dealkylation sites (tertiary alicyclic amines) is 1. The summed E-state index contributed by atoms with van der Waals surface area (Å²) in [5, 5.41) is 0. The molecule has 0 spiro atoms. The summed E-state index contributed by atoms with van der Waals surface area (Å²) < 4.78 is 0. The zero-order chi connectivity index (χ0) is 8.48. The summed E-state index contributed by atoms with van der Waals surface area (Å²) >= 11 is 0. The van der Waals surface area contributed by atoms with Gasteiger partial charge in [-0.05, 0) is 45.2 Å². The van der Waals surface area contributed by atoms with Crippen molar-refractivity contribution in [3.63, 3.8) is 0 Å². The molecule has 0 N–H and O–H groups in total. The number of piperidine rings is 1. The average molecular weight is 155 g/mol. The van der Waals surface area contributed by atoms with Gasteiger partial charge in [-0.3, -0.25) is 0 Å². The summed E-state index contributed by atoms with van der Waals surface area (Å²) in [6.07, 6.45) is 2.73. The summed E-state index contributed by atoms with van der Waals surface area (Å²) in [5.41, 5.74) is 0.603. The van der Waals surface area contributed by atoms with Gasteiger partial charge in [0.2, 0.25) is 0 Å². The Morgan fingerprint density at radius 3 is 1.91 bits per heavy atom. The normalized spacial score (nSPS) is 25.9. The Kier molecular flexibility index (Phi) is 2.58. The van der Waals surface area contributed by atoms with E-state index in [1.54, 1.807) is 0 Å². The highest BCUT2D eigenvalue weighted by atomic mass is 15.1. The molecule has 0 radical (unpaired) electrons. The van der Waals surface area contributed by atoms with Crippen molar-refractivity contribution in [1.29, 1.82) is 0 Å². The van der Waals surface area contributed by atoms with E-state index in [2.05, 4.69) is 32.6 Å². The molecule has 0 aromatic heterocycles. The Hall–Kier alpha value is -0.0400. The molecule has 1 fully saturated rings. The van der Waals surface area contributed by atoms with Gasteiger partial charge in [0.05, 0.1) is 0 Å². The average Bonchev–Trinajstić information content (AvgIpc) is 1.86. The molecule has 1 heterocycles. The van der Waals surface area contributed by atoms with Crippen LogP contribution in [-0.2, 0) is 0 Å². The summed E-state index contributed by atoms with van der Waals surface area (Å²) in [6, 6.07) is 0.742. The molecular formula is C10H21N. The SMILES string of the molecule is CC(C)N1CCC(C)(C)CC1. The summed E-state index contributed by atoms with van der Waals surface area (Å²) in [6.45, 7) is 11.9. The zero-order valence-electron chi connectivity index (χ0n) is 8.35. The van der Waals surface area contributed by atoms with Crippen molar-refractivity contribution in [3.05, 3.63) is 0 Å². The van der Waals surface area contributed by atoms with Gasteiger partial charge in [-0.15, -0.1) is 0 Å². The Labute approximate surface area is 70.8 Å². The molecule has 0 atom stereocenters. The lowest BCUT2D eigenvalue weighted by Gasteiger charge is -2.38. The van der Waals surface area contributed by atoms with Crippen molar-refractivity contribution in [2.45, 2.75) is 46.6 Å². The Balaban J connectivity index is 2.36. The highest BCUT2D eigenvalue weighted by molar-refractivity contribution is 4.79. The second-order valence-electron chi connectivity index (χ2n) is 4.79. The lowest BCUT2D eigenvalue weighted by atomic mass is 9.82. The Morgan fingerprint density at radius 2 is 1.55 bits per heavy atom. The van der Waals surface area contributed by atoms with Crippen molar-refractivity contribution in [3.8, 4) is 0 Å². The van der Waals surface area contributed by atoms with E-state index in [0.29, 0.717) is 5.41 Å². The molecule has 1 heteroatoms. The van der Waals surface area contributed by atoms with E-state index in [4.69, 9.17) is 0 Å². The molecule has 1 nitrogen and oxygen atoms in total. The molecule has 0 amide bonds. The zero-order valence-corrected chi connectivity index (χ0v) is 8.35. The number of rotatable bonds is 1. The fraction of sp³-hybridized carbons (Fsp3) is 1.00. The molecule has 0 unspecified atom stereocenters. The molecule has 1 aliphatic heterocycles. The van der Waals surface area contributed by atoms with E-state index < -0.39 is 0 Å². The van der Waals surface area contributed by atoms with Gasteiger partial charge in [-0.2, -0.15) is 0 Å². The maximum Gasteiger partial charge on any atom is 0.00385 e. The van der Waals surface area contributed by atoms with E-state index in [0.717, 1.165) is 6.04 Å². The van der Waals surface area contributed by atoms with Gasteiger partial charge in [-0.25, -0.2) is 0 Å². The quantitative estimate of drug-likeness (QED) is 0.562. The fourth-order valence-electron chi connectivity index (χ4n) is 1.65. The van der Waals surface area contributed by atoms with Gasteiger partial charge < -0.3 is 4.90 Å². The van der Waals surface area contributed by atoms with Crippen LogP contribution in [0, 0.1) is 5.41 Å². The van der Waals surface area contributed by atoms with E-state index in [-0.39, 0.29) is 0 Å². The first-order valence-electron chi connectivity index (χ1n) is 4.75. The highest BCUT2D eigenvalue weighted by Gasteiger charge is 2.25. The van der Waals surface area contributed by atoms with Crippen LogP contribution >= 0.6 is 0 Å². The Bertz CT molecular complexity index is 117. The van der Waals surface area contributed by atoms with Crippen molar-refractivity contribution in [2.24, 2.45) is 5.41 Å². The van der Waals surface area contributed by atoms with Gasteiger partial charge in [0, 0.05) is 6.04 Å². The minimum atomic E-state index is 0.603. The molecule has 0 aromatic rings. The van der Waals surface area contributed by atoms with Gasteiger partial charge in [-0.1, -0.05) is 13.8 Å². The van der Waals surface area contributed by atoms with E-state index in [1.807, 2.05) is 0 Å². The van der Waals surface area contributed by atoms with Crippen molar-refractivity contribution in [1.82, 2.24) is 4.90 Å². The molecule has 1 rings (SSSR count). The monoisotopic (exact) mass is 155 g/mol. The third kappa shape index (κ3) is 2.48. The van der Waals surface area contributed by atoms with Crippen molar-refractivity contribution >= 4 is 0 Å².